The van der Waals surface area contributed by atoms with E-state index in [0.717, 1.165) is 24.2 Å². The summed E-state index contributed by atoms with van der Waals surface area (Å²) in [6, 6.07) is 7.33. The van der Waals surface area contributed by atoms with Gasteiger partial charge in [0.2, 0.25) is 5.91 Å². The standard InChI is InChI=1S/C14H20N2O2.ClH/c1-10(15)14(17)16-9-11-5-2-3-8-13(11)18-12-6-4-7-12;/h2-3,5,8,10,12H,4,6-7,9,15H2,1H3,(H,16,17);1H/t10-;/m1./s1. The van der Waals surface area contributed by atoms with E-state index < -0.39 is 6.04 Å². The van der Waals surface area contributed by atoms with Crippen molar-refractivity contribution in [3.8, 4) is 5.75 Å². The van der Waals surface area contributed by atoms with Crippen molar-refractivity contribution in [3.05, 3.63) is 29.8 Å². The zero-order chi connectivity index (χ0) is 13.0. The first-order chi connectivity index (χ1) is 8.66. The van der Waals surface area contributed by atoms with Gasteiger partial charge in [0.15, 0.2) is 0 Å². The molecule has 0 spiro atoms. The second-order valence-corrected chi connectivity index (χ2v) is 4.78. The number of hydrogen-bond acceptors (Lipinski definition) is 3. The molecule has 1 saturated carbocycles. The topological polar surface area (TPSA) is 64.4 Å². The lowest BCUT2D eigenvalue weighted by Crippen LogP contribution is -2.38. The monoisotopic (exact) mass is 284 g/mol. The van der Waals surface area contributed by atoms with Crippen LogP contribution in [0.5, 0.6) is 5.75 Å². The lowest BCUT2D eigenvalue weighted by Gasteiger charge is -2.27. The molecule has 0 aromatic heterocycles. The Kier molecular flexibility index (Phi) is 6.12. The highest BCUT2D eigenvalue weighted by molar-refractivity contribution is 5.85. The van der Waals surface area contributed by atoms with Gasteiger partial charge in [0.05, 0.1) is 12.1 Å². The number of rotatable bonds is 5. The summed E-state index contributed by atoms with van der Waals surface area (Å²) in [5.74, 6) is 0.723. The number of ether oxygens (including phenoxy) is 1. The van der Waals surface area contributed by atoms with Crippen molar-refractivity contribution in [1.29, 1.82) is 0 Å². The number of nitrogens with one attached hydrogen (secondary N) is 1. The van der Waals surface area contributed by atoms with Crippen LogP contribution in [0.2, 0.25) is 0 Å². The molecule has 1 aliphatic rings. The maximum absolute atomic E-state index is 11.4. The fraction of sp³-hybridized carbons (Fsp3) is 0.500. The van der Waals surface area contributed by atoms with Crippen LogP contribution in [0, 0.1) is 0 Å². The molecule has 1 amide bonds. The Morgan fingerprint density at radius 3 is 2.74 bits per heavy atom. The summed E-state index contributed by atoms with van der Waals surface area (Å²) in [5.41, 5.74) is 6.50. The molecule has 0 heterocycles. The molecule has 0 unspecified atom stereocenters. The van der Waals surface area contributed by atoms with Gasteiger partial charge in [0.1, 0.15) is 5.75 Å². The summed E-state index contributed by atoms with van der Waals surface area (Å²) in [5, 5.41) is 2.80. The van der Waals surface area contributed by atoms with Crippen LogP contribution in [0.4, 0.5) is 0 Å². The van der Waals surface area contributed by atoms with Gasteiger partial charge in [0.25, 0.3) is 0 Å². The lowest BCUT2D eigenvalue weighted by molar-refractivity contribution is -0.122. The van der Waals surface area contributed by atoms with E-state index in [2.05, 4.69) is 5.32 Å². The molecule has 0 aliphatic heterocycles. The van der Waals surface area contributed by atoms with Crippen molar-refractivity contribution >= 4 is 18.3 Å². The van der Waals surface area contributed by atoms with Crippen molar-refractivity contribution in [2.45, 2.75) is 44.9 Å². The molecule has 1 atom stereocenters. The average molecular weight is 285 g/mol. The SMILES string of the molecule is C[C@@H](N)C(=O)NCc1ccccc1OC1CCC1.Cl. The van der Waals surface area contributed by atoms with Gasteiger partial charge < -0.3 is 15.8 Å². The minimum Gasteiger partial charge on any atom is -0.490 e. The van der Waals surface area contributed by atoms with Crippen molar-refractivity contribution in [2.24, 2.45) is 5.73 Å². The first-order valence-electron chi connectivity index (χ1n) is 6.44. The maximum atomic E-state index is 11.4. The van der Waals surface area contributed by atoms with E-state index >= 15 is 0 Å². The van der Waals surface area contributed by atoms with Gasteiger partial charge in [-0.2, -0.15) is 0 Å². The first kappa shape index (κ1) is 15.8. The van der Waals surface area contributed by atoms with Crippen LogP contribution in [-0.4, -0.2) is 18.1 Å². The summed E-state index contributed by atoms with van der Waals surface area (Å²) < 4.78 is 5.89. The third kappa shape index (κ3) is 4.40. The highest BCUT2D eigenvalue weighted by Crippen LogP contribution is 2.27. The largest absolute Gasteiger partial charge is 0.490 e. The third-order valence-electron chi connectivity index (χ3n) is 3.19. The Morgan fingerprint density at radius 1 is 1.47 bits per heavy atom. The fourth-order valence-electron chi connectivity index (χ4n) is 1.78. The quantitative estimate of drug-likeness (QED) is 0.869. The molecule has 5 heteroatoms. The summed E-state index contributed by atoms with van der Waals surface area (Å²) in [6.07, 6.45) is 3.84. The van der Waals surface area contributed by atoms with Crippen LogP contribution in [0.3, 0.4) is 0 Å². The number of hydrogen-bond donors (Lipinski definition) is 2. The molecule has 0 bridgehead atoms. The summed E-state index contributed by atoms with van der Waals surface area (Å²) >= 11 is 0. The van der Waals surface area contributed by atoms with Gasteiger partial charge in [-0.1, -0.05) is 18.2 Å². The van der Waals surface area contributed by atoms with E-state index in [9.17, 15) is 4.79 Å². The van der Waals surface area contributed by atoms with Gasteiger partial charge in [-0.25, -0.2) is 0 Å². The number of nitrogens with two attached hydrogens (primary N) is 1. The molecular weight excluding hydrogens is 264 g/mol. The zero-order valence-corrected chi connectivity index (χ0v) is 11.9. The third-order valence-corrected chi connectivity index (χ3v) is 3.19. The second-order valence-electron chi connectivity index (χ2n) is 4.78. The molecule has 1 aliphatic carbocycles. The van der Waals surface area contributed by atoms with Crippen LogP contribution in [0.25, 0.3) is 0 Å². The Balaban J connectivity index is 0.00000180. The van der Waals surface area contributed by atoms with Gasteiger partial charge in [-0.15, -0.1) is 12.4 Å². The number of carbonyl (C=O) groups excluding carboxylic acids is 1. The number of amides is 1. The van der Waals surface area contributed by atoms with E-state index in [-0.39, 0.29) is 18.3 Å². The molecule has 1 aromatic rings. The molecule has 0 saturated heterocycles. The normalized spacial score (nSPS) is 15.9. The first-order valence-corrected chi connectivity index (χ1v) is 6.44. The van der Waals surface area contributed by atoms with E-state index in [1.807, 2.05) is 24.3 Å². The Morgan fingerprint density at radius 2 is 2.16 bits per heavy atom. The van der Waals surface area contributed by atoms with Crippen LogP contribution in [0.1, 0.15) is 31.7 Å². The van der Waals surface area contributed by atoms with Crippen LogP contribution in [-0.2, 0) is 11.3 Å². The molecule has 0 radical (unpaired) electrons. The van der Waals surface area contributed by atoms with E-state index in [0.29, 0.717) is 12.6 Å². The molecule has 19 heavy (non-hydrogen) atoms. The number of benzene rings is 1. The molecule has 1 aromatic carbocycles. The summed E-state index contributed by atoms with van der Waals surface area (Å²) in [4.78, 5) is 11.4. The van der Waals surface area contributed by atoms with Gasteiger partial charge in [0, 0.05) is 12.1 Å². The molecule has 4 nitrogen and oxygen atoms in total. The second kappa shape index (κ2) is 7.36. The van der Waals surface area contributed by atoms with Gasteiger partial charge in [-0.3, -0.25) is 4.79 Å². The van der Waals surface area contributed by atoms with E-state index in [4.69, 9.17) is 10.5 Å². The van der Waals surface area contributed by atoms with E-state index in [1.54, 1.807) is 6.92 Å². The van der Waals surface area contributed by atoms with Crippen LogP contribution >= 0.6 is 12.4 Å². The Hall–Kier alpha value is -1.26. The minimum atomic E-state index is -0.482. The highest BCUT2D eigenvalue weighted by atomic mass is 35.5. The lowest BCUT2D eigenvalue weighted by atomic mass is 9.96. The number of carbonyl (C=O) groups is 1. The Labute approximate surface area is 120 Å². The number of halogens is 1. The van der Waals surface area contributed by atoms with Crippen LogP contribution in [0.15, 0.2) is 24.3 Å². The minimum absolute atomic E-state index is 0. The zero-order valence-electron chi connectivity index (χ0n) is 11.1. The van der Waals surface area contributed by atoms with Crippen molar-refractivity contribution in [1.82, 2.24) is 5.32 Å². The smallest absolute Gasteiger partial charge is 0.236 e. The van der Waals surface area contributed by atoms with Crippen molar-refractivity contribution in [3.63, 3.8) is 0 Å². The van der Waals surface area contributed by atoms with Crippen LogP contribution < -0.4 is 15.8 Å². The maximum Gasteiger partial charge on any atom is 0.236 e. The highest BCUT2D eigenvalue weighted by Gasteiger charge is 2.20. The van der Waals surface area contributed by atoms with Crippen molar-refractivity contribution in [2.75, 3.05) is 0 Å². The van der Waals surface area contributed by atoms with Crippen molar-refractivity contribution < 1.29 is 9.53 Å². The molecule has 2 rings (SSSR count). The molecule has 106 valence electrons. The summed E-state index contributed by atoms with van der Waals surface area (Å²) in [7, 11) is 0. The van der Waals surface area contributed by atoms with Gasteiger partial charge >= 0.3 is 0 Å². The fourth-order valence-corrected chi connectivity index (χ4v) is 1.78. The van der Waals surface area contributed by atoms with Gasteiger partial charge in [-0.05, 0) is 32.3 Å². The molecule has 1 fully saturated rings. The molecule has 3 N–H and O–H groups in total. The van der Waals surface area contributed by atoms with E-state index in [1.165, 1.54) is 6.42 Å². The molecular formula is C14H21ClN2O2. The predicted octanol–water partition coefficient (Wildman–Crippen LogP) is 2.00. The average Bonchev–Trinajstić information content (AvgIpc) is 2.31. The predicted molar refractivity (Wildman–Crippen MR) is 77.5 cm³/mol. The summed E-state index contributed by atoms with van der Waals surface area (Å²) in [6.45, 7) is 2.13. The number of para-hydroxylation sites is 1. The Bertz CT molecular complexity index is 420.